The van der Waals surface area contributed by atoms with Gasteiger partial charge in [0.2, 0.25) is 0 Å². The highest BCUT2D eigenvalue weighted by molar-refractivity contribution is 14.1. The minimum atomic E-state index is 0.0771. The molecule has 0 aliphatic rings. The fourth-order valence-electron chi connectivity index (χ4n) is 2.06. The van der Waals surface area contributed by atoms with E-state index in [0.29, 0.717) is 0 Å². The van der Waals surface area contributed by atoms with E-state index in [1.165, 1.54) is 9.13 Å². The zero-order valence-electron chi connectivity index (χ0n) is 10.8. The third kappa shape index (κ3) is 3.68. The third-order valence-corrected chi connectivity index (χ3v) is 3.81. The van der Waals surface area contributed by atoms with Gasteiger partial charge in [0.1, 0.15) is 5.75 Å². The van der Waals surface area contributed by atoms with Gasteiger partial charge in [0, 0.05) is 3.57 Å². The summed E-state index contributed by atoms with van der Waals surface area (Å²) in [5, 5.41) is 0. The van der Waals surface area contributed by atoms with Crippen molar-refractivity contribution in [2.75, 3.05) is 7.11 Å². The molecule has 0 saturated heterocycles. The van der Waals surface area contributed by atoms with Crippen LogP contribution in [0.25, 0.3) is 0 Å². The first kappa shape index (κ1) is 14.3. The van der Waals surface area contributed by atoms with Gasteiger partial charge in [-0.3, -0.25) is 11.3 Å². The molecule has 0 spiro atoms. The summed E-state index contributed by atoms with van der Waals surface area (Å²) in [5.41, 5.74) is 5.20. The molecular weight excluding hydrogens is 351 g/mol. The normalized spacial score (nSPS) is 12.2. The lowest BCUT2D eigenvalue weighted by Gasteiger charge is -2.18. The Hall–Kier alpha value is -1.11. The van der Waals surface area contributed by atoms with E-state index in [1.807, 2.05) is 18.2 Å². The van der Waals surface area contributed by atoms with Gasteiger partial charge in [0.15, 0.2) is 0 Å². The molecular formula is C15H17IN2O. The van der Waals surface area contributed by atoms with Crippen molar-refractivity contribution in [3.8, 4) is 5.75 Å². The highest BCUT2D eigenvalue weighted by Crippen LogP contribution is 2.24. The van der Waals surface area contributed by atoms with Crippen LogP contribution in [0.5, 0.6) is 5.75 Å². The molecule has 0 fully saturated rings. The Morgan fingerprint density at radius 1 is 1.16 bits per heavy atom. The van der Waals surface area contributed by atoms with E-state index < -0.39 is 0 Å². The second-order valence-corrected chi connectivity index (χ2v) is 5.53. The maximum Gasteiger partial charge on any atom is 0.122 e. The largest absolute Gasteiger partial charge is 0.496 e. The van der Waals surface area contributed by atoms with Crippen molar-refractivity contribution in [3.05, 3.63) is 63.2 Å². The summed E-state index contributed by atoms with van der Waals surface area (Å²) in [6, 6.07) is 16.5. The minimum absolute atomic E-state index is 0.0771. The molecule has 2 aromatic carbocycles. The Kier molecular flexibility index (Phi) is 5.18. The molecule has 2 aromatic rings. The van der Waals surface area contributed by atoms with Crippen molar-refractivity contribution in [1.29, 1.82) is 0 Å². The molecule has 3 nitrogen and oxygen atoms in total. The monoisotopic (exact) mass is 368 g/mol. The van der Waals surface area contributed by atoms with Crippen molar-refractivity contribution in [2.24, 2.45) is 5.84 Å². The number of nitrogens with one attached hydrogen (secondary N) is 1. The van der Waals surface area contributed by atoms with E-state index >= 15 is 0 Å². The minimum Gasteiger partial charge on any atom is -0.496 e. The fourth-order valence-corrected chi connectivity index (χ4v) is 2.42. The molecule has 0 aliphatic carbocycles. The van der Waals surface area contributed by atoms with Crippen LogP contribution in [0.15, 0.2) is 48.5 Å². The first-order chi connectivity index (χ1) is 9.24. The van der Waals surface area contributed by atoms with Gasteiger partial charge in [-0.1, -0.05) is 30.3 Å². The van der Waals surface area contributed by atoms with E-state index in [-0.39, 0.29) is 6.04 Å². The Morgan fingerprint density at radius 2 is 1.84 bits per heavy atom. The molecule has 0 heterocycles. The number of nitrogens with two attached hydrogens (primary N) is 1. The SMILES string of the molecule is COc1ccccc1CC(NN)c1ccc(I)cc1. The molecule has 100 valence electrons. The smallest absolute Gasteiger partial charge is 0.122 e. The molecule has 2 rings (SSSR count). The van der Waals surface area contributed by atoms with E-state index in [2.05, 4.69) is 58.3 Å². The van der Waals surface area contributed by atoms with Crippen molar-refractivity contribution in [3.63, 3.8) is 0 Å². The molecule has 1 unspecified atom stereocenters. The van der Waals surface area contributed by atoms with Gasteiger partial charge in [0.25, 0.3) is 0 Å². The zero-order valence-corrected chi connectivity index (χ0v) is 12.9. The Morgan fingerprint density at radius 3 is 2.47 bits per heavy atom. The maximum absolute atomic E-state index is 5.69. The van der Waals surface area contributed by atoms with Gasteiger partial charge in [-0.05, 0) is 58.3 Å². The predicted octanol–water partition coefficient (Wildman–Crippen LogP) is 3.05. The summed E-state index contributed by atoms with van der Waals surface area (Å²) in [7, 11) is 1.69. The molecule has 3 N–H and O–H groups in total. The van der Waals surface area contributed by atoms with E-state index in [9.17, 15) is 0 Å². The van der Waals surface area contributed by atoms with Gasteiger partial charge in [-0.25, -0.2) is 0 Å². The first-order valence-corrected chi connectivity index (χ1v) is 7.16. The highest BCUT2D eigenvalue weighted by atomic mass is 127. The molecule has 1 atom stereocenters. The zero-order chi connectivity index (χ0) is 13.7. The molecule has 19 heavy (non-hydrogen) atoms. The number of hydrazine groups is 1. The number of methoxy groups -OCH3 is 1. The number of para-hydroxylation sites is 1. The van der Waals surface area contributed by atoms with Gasteiger partial charge >= 0.3 is 0 Å². The number of halogens is 1. The van der Waals surface area contributed by atoms with Crippen LogP contribution in [0, 0.1) is 3.57 Å². The Balaban J connectivity index is 2.21. The average molecular weight is 368 g/mol. The summed E-state index contributed by atoms with van der Waals surface area (Å²) < 4.78 is 6.59. The molecule has 0 aromatic heterocycles. The predicted molar refractivity (Wildman–Crippen MR) is 85.9 cm³/mol. The number of benzene rings is 2. The average Bonchev–Trinajstić information content (AvgIpc) is 2.46. The third-order valence-electron chi connectivity index (χ3n) is 3.09. The lowest BCUT2D eigenvalue weighted by atomic mass is 9.99. The Bertz CT molecular complexity index is 528. The van der Waals surface area contributed by atoms with Gasteiger partial charge in [-0.15, -0.1) is 0 Å². The standard InChI is InChI=1S/C15H17IN2O/c1-19-15-5-3-2-4-12(15)10-14(18-17)11-6-8-13(16)9-7-11/h2-9,14,18H,10,17H2,1H3. The molecule has 4 heteroatoms. The molecule has 0 radical (unpaired) electrons. The van der Waals surface area contributed by atoms with Crippen LogP contribution in [-0.4, -0.2) is 7.11 Å². The van der Waals surface area contributed by atoms with Crippen LogP contribution in [0.2, 0.25) is 0 Å². The number of hydrogen-bond donors (Lipinski definition) is 2. The summed E-state index contributed by atoms with van der Waals surface area (Å²) >= 11 is 2.30. The number of rotatable bonds is 5. The van der Waals surface area contributed by atoms with Crippen LogP contribution in [0.1, 0.15) is 17.2 Å². The maximum atomic E-state index is 5.69. The van der Waals surface area contributed by atoms with Crippen LogP contribution < -0.4 is 16.0 Å². The second kappa shape index (κ2) is 6.88. The van der Waals surface area contributed by atoms with E-state index in [0.717, 1.165) is 17.7 Å². The summed E-state index contributed by atoms with van der Waals surface area (Å²) in [6.07, 6.45) is 0.793. The molecule has 0 saturated carbocycles. The molecule has 0 aliphatic heterocycles. The summed E-state index contributed by atoms with van der Waals surface area (Å²) in [6.45, 7) is 0. The highest BCUT2D eigenvalue weighted by Gasteiger charge is 2.13. The van der Waals surface area contributed by atoms with Crippen molar-refractivity contribution >= 4 is 22.6 Å². The fraction of sp³-hybridized carbons (Fsp3) is 0.200. The number of hydrogen-bond acceptors (Lipinski definition) is 3. The van der Waals surface area contributed by atoms with Crippen LogP contribution in [-0.2, 0) is 6.42 Å². The number of ether oxygens (including phenoxy) is 1. The quantitative estimate of drug-likeness (QED) is 0.485. The first-order valence-electron chi connectivity index (χ1n) is 6.08. The van der Waals surface area contributed by atoms with Gasteiger partial charge < -0.3 is 4.74 Å². The second-order valence-electron chi connectivity index (χ2n) is 4.29. The molecule has 0 amide bonds. The lowest BCUT2D eigenvalue weighted by molar-refractivity contribution is 0.405. The van der Waals surface area contributed by atoms with Crippen LogP contribution in [0.4, 0.5) is 0 Å². The van der Waals surface area contributed by atoms with Crippen LogP contribution >= 0.6 is 22.6 Å². The van der Waals surface area contributed by atoms with Crippen molar-refractivity contribution in [2.45, 2.75) is 12.5 Å². The van der Waals surface area contributed by atoms with E-state index in [1.54, 1.807) is 7.11 Å². The summed E-state index contributed by atoms with van der Waals surface area (Å²) in [5.74, 6) is 6.59. The lowest BCUT2D eigenvalue weighted by Crippen LogP contribution is -2.29. The molecule has 0 bridgehead atoms. The Labute approximate surface area is 127 Å². The van der Waals surface area contributed by atoms with Crippen LogP contribution in [0.3, 0.4) is 0 Å². The van der Waals surface area contributed by atoms with Gasteiger partial charge in [-0.2, -0.15) is 0 Å². The van der Waals surface area contributed by atoms with Gasteiger partial charge in [0.05, 0.1) is 13.2 Å². The van der Waals surface area contributed by atoms with E-state index in [4.69, 9.17) is 10.6 Å². The van der Waals surface area contributed by atoms with Crippen molar-refractivity contribution in [1.82, 2.24) is 5.43 Å². The van der Waals surface area contributed by atoms with Crippen molar-refractivity contribution < 1.29 is 4.74 Å². The summed E-state index contributed by atoms with van der Waals surface area (Å²) in [4.78, 5) is 0. The topological polar surface area (TPSA) is 47.3 Å².